The molecular formula is C15H18ClN3O. The number of ether oxygens (including phenoxy) is 1. The topological polar surface area (TPSA) is 47.0 Å². The van der Waals surface area contributed by atoms with Gasteiger partial charge in [-0.15, -0.1) is 0 Å². The average Bonchev–Trinajstić information content (AvgIpc) is 2.47. The molecule has 1 aromatic carbocycles. The monoisotopic (exact) mass is 291 g/mol. The molecule has 0 atom stereocenters. The number of nitrogens with one attached hydrogen (secondary N) is 1. The van der Waals surface area contributed by atoms with Gasteiger partial charge in [0.05, 0.1) is 12.8 Å². The number of hydrogen-bond acceptors (Lipinski definition) is 4. The van der Waals surface area contributed by atoms with Crippen molar-refractivity contribution in [3.63, 3.8) is 0 Å². The van der Waals surface area contributed by atoms with Gasteiger partial charge in [-0.1, -0.05) is 18.5 Å². The summed E-state index contributed by atoms with van der Waals surface area (Å²) >= 11 is 6.11. The zero-order chi connectivity index (χ0) is 14.5. The fourth-order valence-electron chi connectivity index (χ4n) is 2.16. The first kappa shape index (κ1) is 14.6. The van der Waals surface area contributed by atoms with Gasteiger partial charge in [-0.05, 0) is 31.5 Å². The molecule has 0 unspecified atom stereocenters. The van der Waals surface area contributed by atoms with Crippen LogP contribution in [0.3, 0.4) is 0 Å². The Bertz CT molecular complexity index is 602. The summed E-state index contributed by atoms with van der Waals surface area (Å²) in [5.74, 6) is 1.62. The molecule has 0 radical (unpaired) electrons. The third-order valence-electron chi connectivity index (χ3n) is 3.06. The van der Waals surface area contributed by atoms with Crippen molar-refractivity contribution in [2.45, 2.75) is 20.3 Å². The van der Waals surface area contributed by atoms with Gasteiger partial charge >= 0.3 is 0 Å². The molecule has 0 fully saturated rings. The van der Waals surface area contributed by atoms with Crippen molar-refractivity contribution in [1.82, 2.24) is 9.97 Å². The highest BCUT2D eigenvalue weighted by molar-refractivity contribution is 6.31. The van der Waals surface area contributed by atoms with Crippen molar-refractivity contribution in [2.24, 2.45) is 0 Å². The molecule has 2 rings (SSSR count). The number of aromatic nitrogens is 2. The van der Waals surface area contributed by atoms with Gasteiger partial charge in [0.15, 0.2) is 0 Å². The molecule has 0 saturated carbocycles. The molecule has 0 amide bonds. The second-order valence-corrected chi connectivity index (χ2v) is 4.71. The SMILES string of the molecule is CCNc1ncnc(-c2cc(Cl)ccc2OC)c1CC. The Morgan fingerprint density at radius 3 is 2.70 bits per heavy atom. The van der Waals surface area contributed by atoms with Crippen LogP contribution in [0.4, 0.5) is 5.82 Å². The van der Waals surface area contributed by atoms with Crippen LogP contribution in [-0.2, 0) is 6.42 Å². The molecule has 0 saturated heterocycles. The summed E-state index contributed by atoms with van der Waals surface area (Å²) in [5, 5.41) is 3.92. The maximum Gasteiger partial charge on any atom is 0.133 e. The van der Waals surface area contributed by atoms with Crippen LogP contribution in [0.2, 0.25) is 5.02 Å². The first-order chi connectivity index (χ1) is 9.71. The Kier molecular flexibility index (Phi) is 4.79. The van der Waals surface area contributed by atoms with E-state index in [9.17, 15) is 0 Å². The number of anilines is 1. The fourth-order valence-corrected chi connectivity index (χ4v) is 2.34. The van der Waals surface area contributed by atoms with Crippen LogP contribution >= 0.6 is 11.6 Å². The average molecular weight is 292 g/mol. The van der Waals surface area contributed by atoms with Gasteiger partial charge in [0.2, 0.25) is 0 Å². The van der Waals surface area contributed by atoms with Crippen LogP contribution in [0.5, 0.6) is 5.75 Å². The minimum absolute atomic E-state index is 0.659. The van der Waals surface area contributed by atoms with E-state index in [-0.39, 0.29) is 0 Å². The largest absolute Gasteiger partial charge is 0.496 e. The molecule has 1 N–H and O–H groups in total. The summed E-state index contributed by atoms with van der Waals surface area (Å²) in [5.41, 5.74) is 2.81. The first-order valence-electron chi connectivity index (χ1n) is 6.62. The molecule has 0 aliphatic carbocycles. The zero-order valence-corrected chi connectivity index (χ0v) is 12.7. The quantitative estimate of drug-likeness (QED) is 0.910. The molecule has 1 heterocycles. The van der Waals surface area contributed by atoms with Gasteiger partial charge in [-0.25, -0.2) is 9.97 Å². The molecule has 2 aromatic rings. The number of hydrogen-bond donors (Lipinski definition) is 1. The van der Waals surface area contributed by atoms with E-state index in [1.165, 1.54) is 0 Å². The molecule has 1 aromatic heterocycles. The van der Waals surface area contributed by atoms with Gasteiger partial charge in [-0.2, -0.15) is 0 Å². The Balaban J connectivity index is 2.63. The Morgan fingerprint density at radius 1 is 1.25 bits per heavy atom. The number of halogens is 1. The fraction of sp³-hybridized carbons (Fsp3) is 0.333. The maximum atomic E-state index is 6.11. The number of nitrogens with zero attached hydrogens (tertiary/aromatic N) is 2. The van der Waals surface area contributed by atoms with Gasteiger partial charge in [0.25, 0.3) is 0 Å². The Labute approximate surface area is 124 Å². The van der Waals surface area contributed by atoms with Crippen molar-refractivity contribution >= 4 is 17.4 Å². The predicted octanol–water partition coefficient (Wildman–Crippen LogP) is 3.80. The molecule has 106 valence electrons. The number of methoxy groups -OCH3 is 1. The molecule has 5 heteroatoms. The Hall–Kier alpha value is -1.81. The summed E-state index contributed by atoms with van der Waals surface area (Å²) in [6.07, 6.45) is 2.39. The highest BCUT2D eigenvalue weighted by Crippen LogP contribution is 2.35. The molecule has 0 aliphatic rings. The molecule has 0 bridgehead atoms. The van der Waals surface area contributed by atoms with Crippen molar-refractivity contribution in [2.75, 3.05) is 19.0 Å². The highest BCUT2D eigenvalue weighted by atomic mass is 35.5. The van der Waals surface area contributed by atoms with E-state index >= 15 is 0 Å². The van der Waals surface area contributed by atoms with Crippen LogP contribution in [-0.4, -0.2) is 23.6 Å². The molecule has 0 aliphatic heterocycles. The molecular weight excluding hydrogens is 274 g/mol. The van der Waals surface area contributed by atoms with Crippen molar-refractivity contribution in [1.29, 1.82) is 0 Å². The number of benzene rings is 1. The van der Waals surface area contributed by atoms with Crippen LogP contribution in [0, 0.1) is 0 Å². The summed E-state index contributed by atoms with van der Waals surface area (Å²) in [4.78, 5) is 8.73. The summed E-state index contributed by atoms with van der Waals surface area (Å²) < 4.78 is 5.41. The van der Waals surface area contributed by atoms with E-state index in [4.69, 9.17) is 16.3 Å². The molecule has 20 heavy (non-hydrogen) atoms. The second kappa shape index (κ2) is 6.57. The lowest BCUT2D eigenvalue weighted by atomic mass is 10.0. The minimum atomic E-state index is 0.659. The van der Waals surface area contributed by atoms with E-state index in [1.807, 2.05) is 25.1 Å². The van der Waals surface area contributed by atoms with E-state index in [0.717, 1.165) is 41.4 Å². The highest BCUT2D eigenvalue weighted by Gasteiger charge is 2.15. The van der Waals surface area contributed by atoms with E-state index < -0.39 is 0 Å². The normalized spacial score (nSPS) is 10.4. The molecule has 0 spiro atoms. The lowest BCUT2D eigenvalue weighted by molar-refractivity contribution is 0.416. The summed E-state index contributed by atoms with van der Waals surface area (Å²) in [6, 6.07) is 5.53. The van der Waals surface area contributed by atoms with Crippen molar-refractivity contribution in [3.8, 4) is 17.0 Å². The standard InChI is InChI=1S/C15H18ClN3O/c1-4-11-14(18-9-19-15(11)17-5-2)12-8-10(16)6-7-13(12)20-3/h6-9H,4-5H2,1-3H3,(H,17,18,19). The van der Waals surface area contributed by atoms with E-state index in [2.05, 4.69) is 22.2 Å². The van der Waals surface area contributed by atoms with Crippen LogP contribution in [0.15, 0.2) is 24.5 Å². The summed E-state index contributed by atoms with van der Waals surface area (Å²) in [6.45, 7) is 4.94. The lowest BCUT2D eigenvalue weighted by Crippen LogP contribution is -2.06. The predicted molar refractivity (Wildman–Crippen MR) is 82.6 cm³/mol. The van der Waals surface area contributed by atoms with E-state index in [1.54, 1.807) is 13.4 Å². The third-order valence-corrected chi connectivity index (χ3v) is 3.29. The van der Waals surface area contributed by atoms with Gasteiger partial charge in [-0.3, -0.25) is 0 Å². The third kappa shape index (κ3) is 2.85. The smallest absolute Gasteiger partial charge is 0.133 e. The first-order valence-corrected chi connectivity index (χ1v) is 7.00. The molecule has 4 nitrogen and oxygen atoms in total. The van der Waals surface area contributed by atoms with Crippen LogP contribution < -0.4 is 10.1 Å². The lowest BCUT2D eigenvalue weighted by Gasteiger charge is -2.14. The van der Waals surface area contributed by atoms with Crippen LogP contribution in [0.25, 0.3) is 11.3 Å². The summed E-state index contributed by atoms with van der Waals surface area (Å²) in [7, 11) is 1.64. The maximum absolute atomic E-state index is 6.11. The van der Waals surface area contributed by atoms with Crippen LogP contribution in [0.1, 0.15) is 19.4 Å². The van der Waals surface area contributed by atoms with Crippen molar-refractivity contribution in [3.05, 3.63) is 35.1 Å². The second-order valence-electron chi connectivity index (χ2n) is 4.28. The van der Waals surface area contributed by atoms with Gasteiger partial charge in [0, 0.05) is 22.7 Å². The number of rotatable bonds is 5. The van der Waals surface area contributed by atoms with E-state index in [0.29, 0.717) is 5.02 Å². The zero-order valence-electron chi connectivity index (χ0n) is 11.9. The minimum Gasteiger partial charge on any atom is -0.496 e. The van der Waals surface area contributed by atoms with Gasteiger partial charge in [0.1, 0.15) is 17.9 Å². The van der Waals surface area contributed by atoms with Gasteiger partial charge < -0.3 is 10.1 Å². The van der Waals surface area contributed by atoms with Crippen molar-refractivity contribution < 1.29 is 4.74 Å². The Morgan fingerprint density at radius 2 is 2.05 bits per heavy atom.